The lowest BCUT2D eigenvalue weighted by atomic mass is 9.89. The first-order valence-corrected chi connectivity index (χ1v) is 9.69. The second-order valence-corrected chi connectivity index (χ2v) is 8.90. The number of carbonyl (C=O) groups is 1. The van der Waals surface area contributed by atoms with Crippen molar-refractivity contribution in [2.75, 3.05) is 45.9 Å². The molecule has 0 atom stereocenters. The molecule has 0 unspecified atom stereocenters. The summed E-state index contributed by atoms with van der Waals surface area (Å²) >= 11 is 0. The van der Waals surface area contributed by atoms with Gasteiger partial charge in [-0.3, -0.25) is 0 Å². The minimum atomic E-state index is -0.429. The van der Waals surface area contributed by atoms with Crippen LogP contribution in [-0.4, -0.2) is 77.6 Å². The van der Waals surface area contributed by atoms with E-state index in [-0.39, 0.29) is 24.7 Å². The Bertz CT molecular complexity index is 424. The number of piperidine rings is 1. The summed E-state index contributed by atoms with van der Waals surface area (Å²) in [6.45, 7) is 10.2. The van der Waals surface area contributed by atoms with Gasteiger partial charge in [-0.1, -0.05) is 0 Å². The topological polar surface area (TPSA) is 73.2 Å². The predicted octanol–water partition coefficient (Wildman–Crippen LogP) is 2.09. The van der Waals surface area contributed by atoms with Gasteiger partial charge >= 0.3 is 6.09 Å². The van der Waals surface area contributed by atoms with Gasteiger partial charge in [0, 0.05) is 25.0 Å². The first kappa shape index (κ1) is 20.5. The van der Waals surface area contributed by atoms with Gasteiger partial charge in [-0.2, -0.15) is 0 Å². The average Bonchev–Trinajstić information content (AvgIpc) is 2.98. The Morgan fingerprint density at radius 2 is 1.80 bits per heavy atom. The molecule has 0 bridgehead atoms. The third-order valence-corrected chi connectivity index (χ3v) is 5.54. The van der Waals surface area contributed by atoms with E-state index in [9.17, 15) is 15.0 Å². The number of rotatable bonds is 6. The van der Waals surface area contributed by atoms with Crippen LogP contribution in [-0.2, 0) is 4.74 Å². The molecule has 25 heavy (non-hydrogen) atoms. The van der Waals surface area contributed by atoms with E-state index in [4.69, 9.17) is 4.74 Å². The van der Waals surface area contributed by atoms with Crippen LogP contribution in [0, 0.1) is 11.3 Å². The molecular weight excluding hydrogens is 320 g/mol. The Morgan fingerprint density at radius 1 is 1.16 bits per heavy atom. The van der Waals surface area contributed by atoms with Gasteiger partial charge in [-0.05, 0) is 71.9 Å². The second-order valence-electron chi connectivity index (χ2n) is 8.90. The summed E-state index contributed by atoms with van der Waals surface area (Å²) in [6, 6.07) is 0. The number of aliphatic hydroxyl groups excluding tert-OH is 2. The lowest BCUT2D eigenvalue weighted by Crippen LogP contribution is -2.41. The molecule has 2 heterocycles. The fraction of sp³-hybridized carbons (Fsp3) is 0.947. The molecule has 0 aromatic heterocycles. The van der Waals surface area contributed by atoms with E-state index in [0.29, 0.717) is 5.92 Å². The quantitative estimate of drug-likeness (QED) is 0.762. The summed E-state index contributed by atoms with van der Waals surface area (Å²) in [4.78, 5) is 16.3. The van der Waals surface area contributed by atoms with Gasteiger partial charge in [-0.15, -0.1) is 0 Å². The fourth-order valence-corrected chi connectivity index (χ4v) is 3.86. The number of nitrogens with zero attached hydrogens (tertiary/aromatic N) is 2. The van der Waals surface area contributed by atoms with Crippen LogP contribution >= 0.6 is 0 Å². The van der Waals surface area contributed by atoms with Gasteiger partial charge in [0.05, 0.1) is 13.2 Å². The van der Waals surface area contributed by atoms with Crippen LogP contribution in [0.1, 0.15) is 52.9 Å². The maximum absolute atomic E-state index is 12.1. The number of likely N-dealkylation sites (tertiary alicyclic amines) is 2. The molecule has 2 rings (SSSR count). The monoisotopic (exact) mass is 356 g/mol. The number of aliphatic hydroxyl groups is 2. The highest BCUT2D eigenvalue weighted by atomic mass is 16.6. The minimum Gasteiger partial charge on any atom is -0.444 e. The molecule has 0 saturated carbocycles. The van der Waals surface area contributed by atoms with Crippen LogP contribution in [0.15, 0.2) is 0 Å². The predicted molar refractivity (Wildman–Crippen MR) is 97.4 cm³/mol. The number of carbonyl (C=O) groups excluding carboxylic acids is 1. The van der Waals surface area contributed by atoms with Crippen molar-refractivity contribution in [3.63, 3.8) is 0 Å². The molecule has 0 aromatic rings. The molecular formula is C19H36N2O4. The van der Waals surface area contributed by atoms with E-state index in [1.807, 2.05) is 25.7 Å². The van der Waals surface area contributed by atoms with Crippen LogP contribution in [0.25, 0.3) is 0 Å². The Kier molecular flexibility index (Phi) is 7.11. The fourth-order valence-electron chi connectivity index (χ4n) is 3.86. The van der Waals surface area contributed by atoms with Crippen molar-refractivity contribution < 1.29 is 19.7 Å². The zero-order valence-electron chi connectivity index (χ0n) is 16.2. The van der Waals surface area contributed by atoms with E-state index in [1.54, 1.807) is 0 Å². The number of ether oxygens (including phenoxy) is 1. The normalized spacial score (nSPS) is 22.4. The third-order valence-electron chi connectivity index (χ3n) is 5.54. The molecule has 0 aromatic carbocycles. The summed E-state index contributed by atoms with van der Waals surface area (Å²) < 4.78 is 5.44. The molecule has 2 fully saturated rings. The van der Waals surface area contributed by atoms with E-state index in [1.165, 1.54) is 6.42 Å². The third kappa shape index (κ3) is 6.12. The van der Waals surface area contributed by atoms with Crippen LogP contribution in [0.4, 0.5) is 4.79 Å². The Morgan fingerprint density at radius 3 is 2.32 bits per heavy atom. The van der Waals surface area contributed by atoms with E-state index in [2.05, 4.69) is 4.90 Å². The minimum absolute atomic E-state index is 0.0725. The highest BCUT2D eigenvalue weighted by molar-refractivity contribution is 5.68. The van der Waals surface area contributed by atoms with Gasteiger partial charge in [0.1, 0.15) is 5.60 Å². The molecule has 2 N–H and O–H groups in total. The smallest absolute Gasteiger partial charge is 0.410 e. The van der Waals surface area contributed by atoms with Gasteiger partial charge in [0.25, 0.3) is 0 Å². The molecule has 2 aliphatic rings. The van der Waals surface area contributed by atoms with E-state index >= 15 is 0 Å². The van der Waals surface area contributed by atoms with Crippen molar-refractivity contribution in [2.45, 2.75) is 58.5 Å². The van der Waals surface area contributed by atoms with Crippen LogP contribution < -0.4 is 0 Å². The Balaban J connectivity index is 1.62. The van der Waals surface area contributed by atoms with Crippen LogP contribution in [0.5, 0.6) is 0 Å². The molecule has 2 saturated heterocycles. The van der Waals surface area contributed by atoms with Crippen molar-refractivity contribution in [2.24, 2.45) is 11.3 Å². The van der Waals surface area contributed by atoms with Gasteiger partial charge < -0.3 is 24.7 Å². The highest BCUT2D eigenvalue weighted by Gasteiger charge is 2.36. The molecule has 0 aliphatic carbocycles. The summed E-state index contributed by atoms with van der Waals surface area (Å²) in [6.07, 6.45) is 5.13. The van der Waals surface area contributed by atoms with Crippen LogP contribution in [0.2, 0.25) is 0 Å². The molecule has 6 heteroatoms. The molecule has 6 nitrogen and oxygen atoms in total. The lowest BCUT2D eigenvalue weighted by Gasteiger charge is -2.33. The number of hydrogen-bond donors (Lipinski definition) is 2. The van der Waals surface area contributed by atoms with Gasteiger partial charge in [0.2, 0.25) is 0 Å². The molecule has 1 amide bonds. The van der Waals surface area contributed by atoms with Crippen molar-refractivity contribution in [3.05, 3.63) is 0 Å². The van der Waals surface area contributed by atoms with Crippen molar-refractivity contribution >= 4 is 6.09 Å². The SMILES string of the molecule is CC(C)(C)OC(=O)N1CCC(CCCN2CCC(CO)(CO)C2)CC1. The van der Waals surface area contributed by atoms with E-state index < -0.39 is 5.60 Å². The van der Waals surface area contributed by atoms with Gasteiger partial charge in [0.15, 0.2) is 0 Å². The number of amides is 1. The highest BCUT2D eigenvalue weighted by Crippen LogP contribution is 2.30. The molecule has 0 radical (unpaired) electrons. The summed E-state index contributed by atoms with van der Waals surface area (Å²) in [5, 5.41) is 18.9. The maximum Gasteiger partial charge on any atom is 0.410 e. The van der Waals surface area contributed by atoms with Crippen molar-refractivity contribution in [1.82, 2.24) is 9.80 Å². The maximum atomic E-state index is 12.1. The van der Waals surface area contributed by atoms with Gasteiger partial charge in [-0.25, -0.2) is 4.79 Å². The molecule has 0 spiro atoms. The zero-order valence-corrected chi connectivity index (χ0v) is 16.2. The van der Waals surface area contributed by atoms with E-state index in [0.717, 1.165) is 58.4 Å². The lowest BCUT2D eigenvalue weighted by molar-refractivity contribution is 0.0179. The summed E-state index contributed by atoms with van der Waals surface area (Å²) in [5.74, 6) is 0.682. The molecule has 2 aliphatic heterocycles. The standard InChI is InChI=1S/C19H36N2O4/c1-18(2,3)25-17(24)21-10-6-16(7-11-21)5-4-9-20-12-8-19(13-20,14-22)15-23/h16,22-23H,4-15H2,1-3H3. The van der Waals surface area contributed by atoms with Crippen molar-refractivity contribution in [3.8, 4) is 0 Å². The summed E-state index contributed by atoms with van der Waals surface area (Å²) in [7, 11) is 0. The number of hydrogen-bond acceptors (Lipinski definition) is 5. The largest absolute Gasteiger partial charge is 0.444 e. The summed E-state index contributed by atoms with van der Waals surface area (Å²) in [5.41, 5.74) is -0.721. The average molecular weight is 357 g/mol. The van der Waals surface area contributed by atoms with Crippen molar-refractivity contribution in [1.29, 1.82) is 0 Å². The Hall–Kier alpha value is -0.850. The first-order valence-electron chi connectivity index (χ1n) is 9.69. The zero-order chi connectivity index (χ0) is 18.5. The second kappa shape index (κ2) is 8.69. The Labute approximate surface area is 152 Å². The van der Waals surface area contributed by atoms with Crippen LogP contribution in [0.3, 0.4) is 0 Å². The molecule has 146 valence electrons. The first-order chi connectivity index (χ1) is 11.8.